The van der Waals surface area contributed by atoms with Crippen LogP contribution in [0.3, 0.4) is 0 Å². The van der Waals surface area contributed by atoms with Crippen LogP contribution >= 0.6 is 0 Å². The molecule has 102 valence electrons. The maximum atomic E-state index is 9.39. The third kappa shape index (κ3) is 1.41. The molecule has 0 N–H and O–H groups in total. The molecule has 5 nitrogen and oxygen atoms in total. The van der Waals surface area contributed by atoms with E-state index in [1.807, 2.05) is 30.3 Å². The van der Waals surface area contributed by atoms with E-state index in [1.165, 1.54) is 7.11 Å². The lowest BCUT2D eigenvalue weighted by molar-refractivity contribution is 0.396. The smallest absolute Gasteiger partial charge is 0.184 e. The molecule has 5 heteroatoms. The predicted molar refractivity (Wildman–Crippen MR) is 72.1 cm³/mol. The van der Waals surface area contributed by atoms with Crippen molar-refractivity contribution in [2.75, 3.05) is 7.11 Å². The van der Waals surface area contributed by atoms with Crippen LogP contribution < -0.4 is 4.74 Å². The fourth-order valence-corrected chi connectivity index (χ4v) is 3.16. The van der Waals surface area contributed by atoms with Gasteiger partial charge in [-0.15, -0.1) is 0 Å². The van der Waals surface area contributed by atoms with Crippen molar-refractivity contribution in [3.8, 4) is 30.0 Å². The van der Waals surface area contributed by atoms with Gasteiger partial charge in [-0.3, -0.25) is 0 Å². The third-order valence-corrected chi connectivity index (χ3v) is 4.56. The predicted octanol–water partition coefficient (Wildman–Crippen LogP) is 2.32. The quantitative estimate of drug-likeness (QED) is 0.842. The van der Waals surface area contributed by atoms with E-state index >= 15 is 0 Å². The highest BCUT2D eigenvalue weighted by Crippen LogP contribution is 2.78. The minimum atomic E-state index is -1.62. The molecule has 1 aromatic rings. The van der Waals surface area contributed by atoms with Crippen LogP contribution in [0.15, 0.2) is 24.3 Å². The molecule has 21 heavy (non-hydrogen) atoms. The van der Waals surface area contributed by atoms with Gasteiger partial charge in [0.15, 0.2) is 10.8 Å². The molecule has 1 aliphatic carbocycles. The Labute approximate surface area is 123 Å². The van der Waals surface area contributed by atoms with Gasteiger partial charge in [0.2, 0.25) is 0 Å². The molecule has 0 aromatic heterocycles. The first kappa shape index (κ1) is 14.4. The first-order valence-corrected chi connectivity index (χ1v) is 6.29. The van der Waals surface area contributed by atoms with Crippen LogP contribution in [0.25, 0.3) is 0 Å². The Morgan fingerprint density at radius 1 is 0.952 bits per heavy atom. The molecule has 0 saturated heterocycles. The monoisotopic (exact) mass is 276 g/mol. The molecule has 1 aliphatic rings. The Kier molecular flexibility index (Phi) is 3.10. The van der Waals surface area contributed by atoms with Crippen LogP contribution in [-0.4, -0.2) is 7.11 Å². The highest BCUT2D eigenvalue weighted by Gasteiger charge is 2.89. The van der Waals surface area contributed by atoms with E-state index in [1.54, 1.807) is 25.1 Å². The average molecular weight is 276 g/mol. The van der Waals surface area contributed by atoms with Gasteiger partial charge in [-0.1, -0.05) is 25.1 Å². The summed E-state index contributed by atoms with van der Waals surface area (Å²) in [7, 11) is 1.53. The number of benzene rings is 1. The van der Waals surface area contributed by atoms with Gasteiger partial charge in [0.25, 0.3) is 0 Å². The highest BCUT2D eigenvalue weighted by molar-refractivity contribution is 5.57. The topological polar surface area (TPSA) is 104 Å². The summed E-state index contributed by atoms with van der Waals surface area (Å²) in [6.07, 6.45) is 0.249. The Morgan fingerprint density at radius 3 is 1.86 bits per heavy atom. The van der Waals surface area contributed by atoms with Crippen LogP contribution in [0, 0.1) is 61.6 Å². The summed E-state index contributed by atoms with van der Waals surface area (Å²) in [5, 5.41) is 37.6. The van der Waals surface area contributed by atoms with Crippen LogP contribution in [0.2, 0.25) is 0 Å². The average Bonchev–Trinajstić information content (AvgIpc) is 2.99. The molecule has 0 atom stereocenters. The first-order valence-electron chi connectivity index (χ1n) is 6.29. The Hall–Kier alpha value is -3.02. The molecule has 0 aliphatic heterocycles. The number of methoxy groups -OCH3 is 1. The summed E-state index contributed by atoms with van der Waals surface area (Å²) < 4.78 is 5.26. The third-order valence-electron chi connectivity index (χ3n) is 4.56. The number of rotatable bonds is 3. The zero-order valence-corrected chi connectivity index (χ0v) is 11.7. The Morgan fingerprint density at radius 2 is 1.43 bits per heavy atom. The van der Waals surface area contributed by atoms with Crippen LogP contribution in [0.1, 0.15) is 12.5 Å². The van der Waals surface area contributed by atoms with Crippen molar-refractivity contribution in [2.24, 2.45) is 16.2 Å². The number of hydrogen-bond acceptors (Lipinski definition) is 5. The van der Waals surface area contributed by atoms with Crippen LogP contribution in [0.5, 0.6) is 5.75 Å². The minimum Gasteiger partial charge on any atom is -0.496 e. The van der Waals surface area contributed by atoms with Crippen molar-refractivity contribution in [1.29, 1.82) is 21.0 Å². The Balaban J connectivity index is 2.55. The minimum absolute atomic E-state index is 0.249. The second-order valence-electron chi connectivity index (χ2n) is 5.27. The lowest BCUT2D eigenvalue weighted by Crippen LogP contribution is -2.12. The summed E-state index contributed by atoms with van der Waals surface area (Å²) in [6.45, 7) is 1.64. The molecular weight excluding hydrogens is 264 g/mol. The summed E-state index contributed by atoms with van der Waals surface area (Å²) in [6, 6.07) is 14.8. The highest BCUT2D eigenvalue weighted by atomic mass is 16.5. The molecule has 1 aromatic carbocycles. The summed E-state index contributed by atoms with van der Waals surface area (Å²) in [5.41, 5.74) is -3.53. The van der Waals surface area contributed by atoms with E-state index < -0.39 is 16.2 Å². The van der Waals surface area contributed by atoms with Crippen LogP contribution in [-0.2, 0) is 6.42 Å². The lowest BCUT2D eigenvalue weighted by Gasteiger charge is -2.14. The van der Waals surface area contributed by atoms with Gasteiger partial charge in [0.05, 0.1) is 31.4 Å². The van der Waals surface area contributed by atoms with E-state index in [0.29, 0.717) is 5.75 Å². The molecule has 0 unspecified atom stereocenters. The number of nitriles is 4. The van der Waals surface area contributed by atoms with E-state index in [0.717, 1.165) is 5.56 Å². The zero-order chi connectivity index (χ0) is 15.7. The fraction of sp³-hybridized carbons (Fsp3) is 0.375. The van der Waals surface area contributed by atoms with Gasteiger partial charge in [0.1, 0.15) is 5.75 Å². The molecule has 0 bridgehead atoms. The summed E-state index contributed by atoms with van der Waals surface area (Å²) in [4.78, 5) is 0. The maximum absolute atomic E-state index is 9.39. The van der Waals surface area contributed by atoms with Gasteiger partial charge in [-0.25, -0.2) is 0 Å². The largest absolute Gasteiger partial charge is 0.496 e. The fourth-order valence-electron chi connectivity index (χ4n) is 3.16. The standard InChI is InChI=1S/C16H12N4O/c1-14(7-12-5-3-4-6-13(12)21-2)15(8-17,9-18)16(14,10-19)11-20/h3-6H,7H2,1-2H3. The van der Waals surface area contributed by atoms with Gasteiger partial charge < -0.3 is 4.74 Å². The molecular formula is C16H12N4O. The van der Waals surface area contributed by atoms with Gasteiger partial charge in [0, 0.05) is 5.41 Å². The Bertz CT molecular complexity index is 688. The van der Waals surface area contributed by atoms with Crippen molar-refractivity contribution < 1.29 is 4.74 Å². The van der Waals surface area contributed by atoms with Crippen molar-refractivity contribution in [3.63, 3.8) is 0 Å². The van der Waals surface area contributed by atoms with Crippen LogP contribution in [0.4, 0.5) is 0 Å². The van der Waals surface area contributed by atoms with Gasteiger partial charge in [-0.2, -0.15) is 21.0 Å². The van der Waals surface area contributed by atoms with Gasteiger partial charge >= 0.3 is 0 Å². The second kappa shape index (κ2) is 4.52. The van der Waals surface area contributed by atoms with Crippen molar-refractivity contribution in [3.05, 3.63) is 29.8 Å². The van der Waals surface area contributed by atoms with Crippen molar-refractivity contribution in [1.82, 2.24) is 0 Å². The van der Waals surface area contributed by atoms with Crippen molar-refractivity contribution >= 4 is 0 Å². The number of nitrogens with zero attached hydrogens (tertiary/aromatic N) is 4. The number of para-hydroxylation sites is 1. The molecule has 1 saturated carbocycles. The lowest BCUT2D eigenvalue weighted by atomic mass is 9.88. The van der Waals surface area contributed by atoms with Crippen molar-refractivity contribution in [2.45, 2.75) is 13.3 Å². The molecule has 0 amide bonds. The SMILES string of the molecule is COc1ccccc1CC1(C)C(C#N)(C#N)C1(C#N)C#N. The molecule has 1 fully saturated rings. The number of ether oxygens (including phenoxy) is 1. The van der Waals surface area contributed by atoms with E-state index in [4.69, 9.17) is 4.74 Å². The molecule has 2 rings (SSSR count). The summed E-state index contributed by atoms with van der Waals surface area (Å²) in [5.74, 6) is 0.611. The van der Waals surface area contributed by atoms with Gasteiger partial charge in [-0.05, 0) is 18.1 Å². The number of hydrogen-bond donors (Lipinski definition) is 0. The second-order valence-corrected chi connectivity index (χ2v) is 5.27. The molecule has 0 heterocycles. The molecule has 0 radical (unpaired) electrons. The molecule has 0 spiro atoms. The normalized spacial score (nSPS) is 19.1. The van der Waals surface area contributed by atoms with E-state index in [-0.39, 0.29) is 6.42 Å². The van der Waals surface area contributed by atoms with E-state index in [2.05, 4.69) is 0 Å². The summed E-state index contributed by atoms with van der Waals surface area (Å²) >= 11 is 0. The maximum Gasteiger partial charge on any atom is 0.184 e. The zero-order valence-electron chi connectivity index (χ0n) is 11.7. The van der Waals surface area contributed by atoms with E-state index in [9.17, 15) is 21.0 Å². The first-order chi connectivity index (χ1) is 10.0.